The van der Waals surface area contributed by atoms with Crippen molar-refractivity contribution in [1.29, 1.82) is 0 Å². The van der Waals surface area contributed by atoms with E-state index >= 15 is 0 Å². The summed E-state index contributed by atoms with van der Waals surface area (Å²) in [6.07, 6.45) is 2.30. The van der Waals surface area contributed by atoms with Crippen LogP contribution in [-0.4, -0.2) is 16.4 Å². The predicted octanol–water partition coefficient (Wildman–Crippen LogP) is 1.30. The summed E-state index contributed by atoms with van der Waals surface area (Å²) in [7, 11) is 0. The summed E-state index contributed by atoms with van der Waals surface area (Å²) in [5.41, 5.74) is 0.948. The van der Waals surface area contributed by atoms with E-state index in [2.05, 4.69) is 4.98 Å². The lowest BCUT2D eigenvalue weighted by molar-refractivity contribution is 0.0349. The van der Waals surface area contributed by atoms with E-state index in [1.165, 1.54) is 0 Å². The molecule has 2 nitrogen and oxygen atoms in total. The van der Waals surface area contributed by atoms with Crippen LogP contribution in [0.2, 0.25) is 0 Å². The van der Waals surface area contributed by atoms with Gasteiger partial charge in [0.05, 0.1) is 0 Å². The minimum atomic E-state index is -1.71. The average molecular weight is 155 g/mol. The molecule has 0 aliphatic heterocycles. The SMILES string of the molecule is OC(F)CCc1cccnc1. The Hall–Kier alpha value is -0.960. The van der Waals surface area contributed by atoms with E-state index in [0.29, 0.717) is 6.42 Å². The van der Waals surface area contributed by atoms with Gasteiger partial charge in [0.25, 0.3) is 0 Å². The molecule has 0 saturated heterocycles. The molecule has 0 radical (unpaired) electrons. The molecule has 11 heavy (non-hydrogen) atoms. The third-order valence-corrected chi connectivity index (χ3v) is 1.39. The Balaban J connectivity index is 2.39. The Morgan fingerprint density at radius 1 is 1.64 bits per heavy atom. The van der Waals surface area contributed by atoms with Crippen molar-refractivity contribution in [2.75, 3.05) is 0 Å². The molecule has 0 spiro atoms. The highest BCUT2D eigenvalue weighted by Crippen LogP contribution is 2.03. The fourth-order valence-electron chi connectivity index (χ4n) is 0.832. The summed E-state index contributed by atoms with van der Waals surface area (Å²) < 4.78 is 11.9. The van der Waals surface area contributed by atoms with Gasteiger partial charge in [-0.2, -0.15) is 0 Å². The molecule has 1 aromatic rings. The molecule has 0 fully saturated rings. The number of aliphatic hydroxyl groups excluding tert-OH is 1. The maximum Gasteiger partial charge on any atom is 0.196 e. The molecule has 0 aliphatic carbocycles. The van der Waals surface area contributed by atoms with E-state index in [0.717, 1.165) is 5.56 Å². The first-order chi connectivity index (χ1) is 5.29. The first-order valence-electron chi connectivity index (χ1n) is 3.50. The van der Waals surface area contributed by atoms with Crippen molar-refractivity contribution >= 4 is 0 Å². The van der Waals surface area contributed by atoms with E-state index < -0.39 is 6.36 Å². The van der Waals surface area contributed by atoms with Crippen molar-refractivity contribution in [2.24, 2.45) is 0 Å². The molecular formula is C8H10FNO. The van der Waals surface area contributed by atoms with E-state index in [9.17, 15) is 4.39 Å². The molecule has 0 saturated carbocycles. The monoisotopic (exact) mass is 155 g/mol. The van der Waals surface area contributed by atoms with Gasteiger partial charge in [-0.15, -0.1) is 0 Å². The summed E-state index contributed by atoms with van der Waals surface area (Å²) in [5.74, 6) is 0. The number of aromatic nitrogens is 1. The lowest BCUT2D eigenvalue weighted by Crippen LogP contribution is -1.99. The molecule has 60 valence electrons. The van der Waals surface area contributed by atoms with Gasteiger partial charge in [-0.3, -0.25) is 4.98 Å². The highest BCUT2D eigenvalue weighted by atomic mass is 19.1. The number of alkyl halides is 1. The molecule has 0 aliphatic rings. The van der Waals surface area contributed by atoms with Crippen molar-refractivity contribution < 1.29 is 9.50 Å². The lowest BCUT2D eigenvalue weighted by atomic mass is 10.2. The fraction of sp³-hybridized carbons (Fsp3) is 0.375. The molecule has 1 rings (SSSR count). The Morgan fingerprint density at radius 3 is 3.00 bits per heavy atom. The summed E-state index contributed by atoms with van der Waals surface area (Å²) in [6.45, 7) is 0. The van der Waals surface area contributed by atoms with Crippen LogP contribution in [0, 0.1) is 0 Å². The van der Waals surface area contributed by atoms with Gasteiger partial charge in [0, 0.05) is 18.8 Å². The Morgan fingerprint density at radius 2 is 2.45 bits per heavy atom. The van der Waals surface area contributed by atoms with Crippen LogP contribution in [0.5, 0.6) is 0 Å². The number of hydrogen-bond acceptors (Lipinski definition) is 2. The Bertz CT molecular complexity index is 201. The quantitative estimate of drug-likeness (QED) is 0.713. The van der Waals surface area contributed by atoms with Gasteiger partial charge in [0.2, 0.25) is 0 Å². The van der Waals surface area contributed by atoms with Gasteiger partial charge in [0.1, 0.15) is 0 Å². The van der Waals surface area contributed by atoms with Crippen molar-refractivity contribution in [2.45, 2.75) is 19.2 Å². The normalized spacial score (nSPS) is 12.9. The maximum atomic E-state index is 11.9. The van der Waals surface area contributed by atoms with Gasteiger partial charge in [0.15, 0.2) is 6.36 Å². The van der Waals surface area contributed by atoms with Crippen LogP contribution >= 0.6 is 0 Å². The third kappa shape index (κ3) is 3.09. The molecule has 1 aromatic heterocycles. The predicted molar refractivity (Wildman–Crippen MR) is 39.7 cm³/mol. The molecule has 1 atom stereocenters. The number of aliphatic hydroxyl groups is 1. The maximum absolute atomic E-state index is 11.9. The van der Waals surface area contributed by atoms with Crippen LogP contribution in [0.4, 0.5) is 4.39 Å². The van der Waals surface area contributed by atoms with Gasteiger partial charge < -0.3 is 5.11 Å². The summed E-state index contributed by atoms with van der Waals surface area (Å²) >= 11 is 0. The minimum Gasteiger partial charge on any atom is -0.364 e. The molecule has 0 amide bonds. The van der Waals surface area contributed by atoms with Crippen LogP contribution in [0.15, 0.2) is 24.5 Å². The van der Waals surface area contributed by atoms with Crippen LogP contribution in [0.25, 0.3) is 0 Å². The summed E-state index contributed by atoms with van der Waals surface area (Å²) in [4.78, 5) is 3.86. The number of pyridine rings is 1. The summed E-state index contributed by atoms with van der Waals surface area (Å²) in [6, 6.07) is 3.65. The fourth-order valence-corrected chi connectivity index (χ4v) is 0.832. The zero-order valence-corrected chi connectivity index (χ0v) is 6.07. The standard InChI is InChI=1S/C8H10FNO/c9-8(11)4-3-7-2-1-5-10-6-7/h1-2,5-6,8,11H,3-4H2. The highest BCUT2D eigenvalue weighted by Gasteiger charge is 1.99. The lowest BCUT2D eigenvalue weighted by Gasteiger charge is -1.99. The number of nitrogens with zero attached hydrogens (tertiary/aromatic N) is 1. The topological polar surface area (TPSA) is 33.1 Å². The second-order valence-electron chi connectivity index (χ2n) is 2.33. The van der Waals surface area contributed by atoms with Gasteiger partial charge in [-0.1, -0.05) is 6.07 Å². The van der Waals surface area contributed by atoms with Crippen molar-refractivity contribution in [3.05, 3.63) is 30.1 Å². The van der Waals surface area contributed by atoms with Crippen molar-refractivity contribution in [1.82, 2.24) is 4.98 Å². The second-order valence-corrected chi connectivity index (χ2v) is 2.33. The number of hydrogen-bond donors (Lipinski definition) is 1. The molecule has 1 N–H and O–H groups in total. The van der Waals surface area contributed by atoms with Crippen LogP contribution in [0.3, 0.4) is 0 Å². The Labute approximate surface area is 64.7 Å². The van der Waals surface area contributed by atoms with E-state index in [1.54, 1.807) is 18.5 Å². The van der Waals surface area contributed by atoms with Gasteiger partial charge in [-0.05, 0) is 18.1 Å². The zero-order chi connectivity index (χ0) is 8.10. The number of aryl methyl sites for hydroxylation is 1. The minimum absolute atomic E-state index is 0.145. The van der Waals surface area contributed by atoms with Crippen molar-refractivity contribution in [3.8, 4) is 0 Å². The van der Waals surface area contributed by atoms with Gasteiger partial charge >= 0.3 is 0 Å². The first-order valence-corrected chi connectivity index (χ1v) is 3.50. The highest BCUT2D eigenvalue weighted by molar-refractivity contribution is 5.08. The number of halogens is 1. The average Bonchev–Trinajstić information content (AvgIpc) is 2.03. The molecule has 0 bridgehead atoms. The molecule has 0 aromatic carbocycles. The van der Waals surface area contributed by atoms with Crippen LogP contribution in [-0.2, 0) is 6.42 Å². The molecule has 1 unspecified atom stereocenters. The van der Waals surface area contributed by atoms with E-state index in [-0.39, 0.29) is 6.42 Å². The zero-order valence-electron chi connectivity index (χ0n) is 6.07. The smallest absolute Gasteiger partial charge is 0.196 e. The molecular weight excluding hydrogens is 145 g/mol. The van der Waals surface area contributed by atoms with Crippen molar-refractivity contribution in [3.63, 3.8) is 0 Å². The van der Waals surface area contributed by atoms with Crippen LogP contribution in [0.1, 0.15) is 12.0 Å². The van der Waals surface area contributed by atoms with E-state index in [4.69, 9.17) is 5.11 Å². The largest absolute Gasteiger partial charge is 0.364 e. The molecule has 1 heterocycles. The number of rotatable bonds is 3. The summed E-state index contributed by atoms with van der Waals surface area (Å²) in [5, 5.41) is 8.33. The van der Waals surface area contributed by atoms with Crippen LogP contribution < -0.4 is 0 Å². The first kappa shape index (κ1) is 8.14. The second kappa shape index (κ2) is 4.03. The third-order valence-electron chi connectivity index (χ3n) is 1.39. The van der Waals surface area contributed by atoms with E-state index in [1.807, 2.05) is 6.07 Å². The Kier molecular flexibility index (Phi) is 2.98. The molecule has 3 heteroatoms. The van der Waals surface area contributed by atoms with Gasteiger partial charge in [-0.25, -0.2) is 4.39 Å².